The molecule has 15 heavy (non-hydrogen) atoms. The van der Waals surface area contributed by atoms with Crippen LogP contribution in [-0.4, -0.2) is 33.2 Å². The van der Waals surface area contributed by atoms with E-state index in [4.69, 9.17) is 9.63 Å². The van der Waals surface area contributed by atoms with Crippen LogP contribution in [0.4, 0.5) is 0 Å². The van der Waals surface area contributed by atoms with Crippen LogP contribution in [-0.2, 0) is 4.79 Å². The molecule has 1 heterocycles. The zero-order valence-corrected chi connectivity index (χ0v) is 8.74. The van der Waals surface area contributed by atoms with Crippen molar-refractivity contribution in [3.05, 3.63) is 22.2 Å². The predicted octanol–water partition coefficient (Wildman–Crippen LogP) is 0.208. The van der Waals surface area contributed by atoms with Crippen LogP contribution in [0.15, 0.2) is 15.4 Å². The van der Waals surface area contributed by atoms with Crippen molar-refractivity contribution >= 4 is 23.6 Å². The van der Waals surface area contributed by atoms with Gasteiger partial charge in [0, 0.05) is 6.07 Å². The number of thioether (sulfide) groups is 1. The molecule has 82 valence electrons. The Balaban J connectivity index is 2.58. The van der Waals surface area contributed by atoms with Crippen molar-refractivity contribution in [1.29, 1.82) is 0 Å². The van der Waals surface area contributed by atoms with Gasteiger partial charge in [0.1, 0.15) is 5.76 Å². The molecule has 1 aromatic rings. The number of rotatable bonds is 4. The molecule has 0 radical (unpaired) electrons. The van der Waals surface area contributed by atoms with Crippen LogP contribution in [0, 0.1) is 6.92 Å². The standard InChI is InChI=1S/C8H9NO5S/c1-5-2-6(10)9(14-5)7(11)3-15-4-8(12)13/h2H,3-4H2,1H3,(H,12,13). The number of hydrogen-bond donors (Lipinski definition) is 1. The van der Waals surface area contributed by atoms with Gasteiger partial charge in [0.25, 0.3) is 11.5 Å². The minimum absolute atomic E-state index is 0.0981. The van der Waals surface area contributed by atoms with Gasteiger partial charge in [-0.05, 0) is 6.92 Å². The quantitative estimate of drug-likeness (QED) is 0.796. The lowest BCUT2D eigenvalue weighted by molar-refractivity contribution is -0.133. The van der Waals surface area contributed by atoms with Crippen molar-refractivity contribution in [2.75, 3.05) is 11.5 Å². The second-order valence-electron chi connectivity index (χ2n) is 2.76. The first kappa shape index (κ1) is 11.6. The van der Waals surface area contributed by atoms with E-state index in [1.807, 2.05) is 0 Å². The van der Waals surface area contributed by atoms with E-state index in [0.717, 1.165) is 11.8 Å². The van der Waals surface area contributed by atoms with Gasteiger partial charge in [-0.1, -0.05) is 0 Å². The molecule has 0 unspecified atom stereocenters. The Bertz CT molecular complexity index is 432. The molecule has 0 spiro atoms. The topological polar surface area (TPSA) is 89.5 Å². The zero-order valence-electron chi connectivity index (χ0n) is 7.93. The first-order valence-corrected chi connectivity index (χ1v) is 5.19. The number of carboxylic acid groups (broad SMARTS) is 1. The van der Waals surface area contributed by atoms with Crippen molar-refractivity contribution < 1.29 is 19.2 Å². The van der Waals surface area contributed by atoms with Gasteiger partial charge in [0.2, 0.25) is 0 Å². The summed E-state index contributed by atoms with van der Waals surface area (Å²) >= 11 is 0.913. The fourth-order valence-corrected chi connectivity index (χ4v) is 1.47. The predicted molar refractivity (Wildman–Crippen MR) is 53.3 cm³/mol. The normalized spacial score (nSPS) is 10.2. The summed E-state index contributed by atoms with van der Waals surface area (Å²) in [6.07, 6.45) is 0. The van der Waals surface area contributed by atoms with Gasteiger partial charge < -0.3 is 9.63 Å². The largest absolute Gasteiger partial charge is 0.481 e. The molecule has 0 saturated heterocycles. The van der Waals surface area contributed by atoms with Gasteiger partial charge in [-0.3, -0.25) is 14.4 Å². The number of carboxylic acids is 1. The summed E-state index contributed by atoms with van der Waals surface area (Å²) in [6.45, 7) is 1.55. The van der Waals surface area contributed by atoms with Crippen molar-refractivity contribution in [3.63, 3.8) is 0 Å². The van der Waals surface area contributed by atoms with E-state index in [-0.39, 0.29) is 11.5 Å². The summed E-state index contributed by atoms with van der Waals surface area (Å²) < 4.78 is 5.46. The van der Waals surface area contributed by atoms with Crippen molar-refractivity contribution in [3.8, 4) is 0 Å². The molecular formula is C8H9NO5S. The Morgan fingerprint density at radius 1 is 1.53 bits per heavy atom. The van der Waals surface area contributed by atoms with E-state index in [2.05, 4.69) is 0 Å². The summed E-state index contributed by atoms with van der Waals surface area (Å²) in [5.41, 5.74) is -0.534. The van der Waals surface area contributed by atoms with Gasteiger partial charge in [0.15, 0.2) is 0 Å². The van der Waals surface area contributed by atoms with Crippen molar-refractivity contribution in [2.24, 2.45) is 0 Å². The highest BCUT2D eigenvalue weighted by molar-refractivity contribution is 8.00. The summed E-state index contributed by atoms with van der Waals surface area (Å²) in [4.78, 5) is 32.6. The SMILES string of the molecule is Cc1cc(=O)n(C(=O)CSCC(=O)O)o1. The van der Waals surface area contributed by atoms with E-state index in [1.54, 1.807) is 6.92 Å². The average molecular weight is 231 g/mol. The van der Waals surface area contributed by atoms with Crippen LogP contribution in [0.25, 0.3) is 0 Å². The Labute approximate surface area is 88.8 Å². The lowest BCUT2D eigenvalue weighted by atomic mass is 10.5. The Hall–Kier alpha value is -1.50. The maximum absolute atomic E-state index is 11.3. The number of nitrogens with zero attached hydrogens (tertiary/aromatic N) is 1. The lowest BCUT2D eigenvalue weighted by Crippen LogP contribution is -2.23. The lowest BCUT2D eigenvalue weighted by Gasteiger charge is -1.97. The molecule has 0 bridgehead atoms. The number of aryl methyl sites for hydroxylation is 1. The average Bonchev–Trinajstić information content (AvgIpc) is 2.44. The molecule has 7 heteroatoms. The van der Waals surface area contributed by atoms with Crippen LogP contribution in [0.2, 0.25) is 0 Å². The van der Waals surface area contributed by atoms with E-state index in [0.29, 0.717) is 10.5 Å². The molecule has 1 N–H and O–H groups in total. The third kappa shape index (κ3) is 3.28. The first-order chi connectivity index (χ1) is 7.00. The third-order valence-electron chi connectivity index (χ3n) is 1.44. The Kier molecular flexibility index (Phi) is 3.73. The maximum Gasteiger partial charge on any atom is 0.313 e. The molecule has 1 aromatic heterocycles. The monoisotopic (exact) mass is 231 g/mol. The zero-order chi connectivity index (χ0) is 11.4. The van der Waals surface area contributed by atoms with E-state index < -0.39 is 17.4 Å². The number of aliphatic carboxylic acids is 1. The molecular weight excluding hydrogens is 222 g/mol. The number of aromatic nitrogens is 1. The number of carbonyl (C=O) groups excluding carboxylic acids is 1. The fraction of sp³-hybridized carbons (Fsp3) is 0.375. The first-order valence-electron chi connectivity index (χ1n) is 4.03. The summed E-state index contributed by atoms with van der Waals surface area (Å²) in [5.74, 6) is -1.49. The van der Waals surface area contributed by atoms with Crippen molar-refractivity contribution in [2.45, 2.75) is 6.92 Å². The molecule has 0 aliphatic carbocycles. The van der Waals surface area contributed by atoms with Gasteiger partial charge in [-0.25, -0.2) is 0 Å². The van der Waals surface area contributed by atoms with Crippen molar-refractivity contribution in [1.82, 2.24) is 4.74 Å². The number of hydrogen-bond acceptors (Lipinski definition) is 5. The molecule has 1 rings (SSSR count). The van der Waals surface area contributed by atoms with Crippen LogP contribution in [0.3, 0.4) is 0 Å². The van der Waals surface area contributed by atoms with Crippen LogP contribution in [0.5, 0.6) is 0 Å². The molecule has 0 aliphatic heterocycles. The smallest absolute Gasteiger partial charge is 0.313 e. The Morgan fingerprint density at radius 2 is 2.20 bits per heavy atom. The van der Waals surface area contributed by atoms with Crippen LogP contribution in [0.1, 0.15) is 10.6 Å². The van der Waals surface area contributed by atoms with Crippen LogP contribution < -0.4 is 5.56 Å². The molecule has 0 aromatic carbocycles. The second kappa shape index (κ2) is 4.83. The summed E-state index contributed by atoms with van der Waals surface area (Å²) in [7, 11) is 0. The summed E-state index contributed by atoms with van der Waals surface area (Å²) in [5, 5.41) is 8.33. The van der Waals surface area contributed by atoms with Gasteiger partial charge in [-0.15, -0.1) is 16.5 Å². The number of carbonyl (C=O) groups is 2. The second-order valence-corrected chi connectivity index (χ2v) is 3.74. The van der Waals surface area contributed by atoms with E-state index >= 15 is 0 Å². The third-order valence-corrected chi connectivity index (χ3v) is 2.34. The highest BCUT2D eigenvalue weighted by Crippen LogP contribution is 2.01. The van der Waals surface area contributed by atoms with Gasteiger partial charge in [-0.2, -0.15) is 0 Å². The molecule has 0 fully saturated rings. The van der Waals surface area contributed by atoms with Gasteiger partial charge in [0.05, 0.1) is 11.5 Å². The molecule has 0 amide bonds. The molecule has 6 nitrogen and oxygen atoms in total. The molecule has 0 aliphatic rings. The maximum atomic E-state index is 11.3. The highest BCUT2D eigenvalue weighted by atomic mass is 32.2. The Morgan fingerprint density at radius 3 is 2.67 bits per heavy atom. The highest BCUT2D eigenvalue weighted by Gasteiger charge is 2.12. The van der Waals surface area contributed by atoms with E-state index in [1.165, 1.54) is 6.07 Å². The van der Waals surface area contributed by atoms with Crippen LogP contribution >= 0.6 is 11.8 Å². The fourth-order valence-electron chi connectivity index (χ4n) is 0.906. The van der Waals surface area contributed by atoms with Gasteiger partial charge >= 0.3 is 5.97 Å². The summed E-state index contributed by atoms with van der Waals surface area (Å²) in [6, 6.07) is 1.19. The minimum Gasteiger partial charge on any atom is -0.481 e. The minimum atomic E-state index is -1.00. The molecule has 0 atom stereocenters. The van der Waals surface area contributed by atoms with E-state index in [9.17, 15) is 14.4 Å². The molecule has 0 saturated carbocycles.